The molecule has 4 aliphatic rings. The van der Waals surface area contributed by atoms with Crippen molar-refractivity contribution >= 4 is 0 Å². The summed E-state index contributed by atoms with van der Waals surface area (Å²) in [4.78, 5) is 0. The lowest BCUT2D eigenvalue weighted by Crippen LogP contribution is -2.48. The maximum atomic E-state index is 10.3. The lowest BCUT2D eigenvalue weighted by molar-refractivity contribution is -0.0402. The van der Waals surface area contributed by atoms with Gasteiger partial charge in [-0.1, -0.05) is 65.5 Å². The van der Waals surface area contributed by atoms with Gasteiger partial charge < -0.3 is 5.11 Å². The van der Waals surface area contributed by atoms with Gasteiger partial charge in [-0.05, 0) is 97.7 Å². The Hall–Kier alpha value is -0.300. The van der Waals surface area contributed by atoms with Gasteiger partial charge in [-0.25, -0.2) is 0 Å². The molecule has 1 nitrogen and oxygen atoms in total. The Balaban J connectivity index is 1.47. The van der Waals surface area contributed by atoms with Crippen molar-refractivity contribution in [3.8, 4) is 0 Å². The third kappa shape index (κ3) is 3.63. The minimum atomic E-state index is -0.0783. The monoisotopic (exact) mass is 386 g/mol. The molecule has 4 rings (SSSR count). The summed E-state index contributed by atoms with van der Waals surface area (Å²) < 4.78 is 0. The number of fused-ring (bicyclic) bond motifs is 5. The SMILES string of the molecule is CC(C)CCC[C@@H](C)C1CCC2C3CC=C4C[C@@H](O)C[C@@H](C)C4C3CC[C@@]21C. The summed E-state index contributed by atoms with van der Waals surface area (Å²) in [7, 11) is 0. The average molecular weight is 387 g/mol. The Morgan fingerprint density at radius 1 is 1.11 bits per heavy atom. The first-order valence-electron chi connectivity index (χ1n) is 12.7. The van der Waals surface area contributed by atoms with E-state index in [0.717, 1.165) is 54.3 Å². The van der Waals surface area contributed by atoms with E-state index in [9.17, 15) is 5.11 Å². The number of aliphatic hydroxyl groups excluding tert-OH is 1. The van der Waals surface area contributed by atoms with Gasteiger partial charge in [-0.15, -0.1) is 0 Å². The topological polar surface area (TPSA) is 20.2 Å². The average Bonchev–Trinajstić information content (AvgIpc) is 2.98. The van der Waals surface area contributed by atoms with Gasteiger partial charge in [-0.2, -0.15) is 0 Å². The highest BCUT2D eigenvalue weighted by molar-refractivity contribution is 5.21. The van der Waals surface area contributed by atoms with Crippen LogP contribution in [0.4, 0.5) is 0 Å². The summed E-state index contributed by atoms with van der Waals surface area (Å²) in [6, 6.07) is 0. The highest BCUT2D eigenvalue weighted by Crippen LogP contribution is 2.65. The number of aliphatic hydroxyl groups is 1. The molecule has 3 fully saturated rings. The van der Waals surface area contributed by atoms with Crippen LogP contribution in [0.15, 0.2) is 11.6 Å². The standard InChI is InChI=1S/C27H46O/c1-17(2)7-6-8-18(3)24-11-12-25-22-10-9-20-16-21(28)15-19(4)26(20)23(22)13-14-27(24,25)5/h9,17-19,21-26,28H,6-8,10-16H2,1-5H3/t18-,19-,21+,22?,23?,24?,25?,26?,27-/m1/s1. The Morgan fingerprint density at radius 3 is 2.64 bits per heavy atom. The van der Waals surface area contributed by atoms with E-state index in [1.54, 1.807) is 5.57 Å². The van der Waals surface area contributed by atoms with Crippen LogP contribution in [0.2, 0.25) is 0 Å². The summed E-state index contributed by atoms with van der Waals surface area (Å²) in [6.07, 6.45) is 16.0. The van der Waals surface area contributed by atoms with Crippen molar-refractivity contribution < 1.29 is 5.11 Å². The van der Waals surface area contributed by atoms with Gasteiger partial charge in [0, 0.05) is 0 Å². The Bertz CT molecular complexity index is 577. The molecular weight excluding hydrogens is 340 g/mol. The fourth-order valence-electron chi connectivity index (χ4n) is 8.76. The van der Waals surface area contributed by atoms with Gasteiger partial charge in [-0.3, -0.25) is 0 Å². The number of hydrogen-bond donors (Lipinski definition) is 1. The van der Waals surface area contributed by atoms with Crippen LogP contribution in [0.3, 0.4) is 0 Å². The number of rotatable bonds is 5. The van der Waals surface area contributed by atoms with Crippen LogP contribution in [0.25, 0.3) is 0 Å². The van der Waals surface area contributed by atoms with Crippen molar-refractivity contribution in [2.45, 2.75) is 105 Å². The van der Waals surface area contributed by atoms with E-state index < -0.39 is 0 Å². The molecular formula is C27H46O. The predicted octanol–water partition coefficient (Wildman–Crippen LogP) is 7.24. The van der Waals surface area contributed by atoms with Crippen molar-refractivity contribution in [3.05, 3.63) is 11.6 Å². The van der Waals surface area contributed by atoms with Gasteiger partial charge in [0.25, 0.3) is 0 Å². The molecule has 0 saturated heterocycles. The molecule has 160 valence electrons. The third-order valence-corrected chi connectivity index (χ3v) is 9.96. The van der Waals surface area contributed by atoms with E-state index in [1.807, 2.05) is 0 Å². The molecule has 0 bridgehead atoms. The summed E-state index contributed by atoms with van der Waals surface area (Å²) in [5.41, 5.74) is 2.23. The quantitative estimate of drug-likeness (QED) is 0.493. The van der Waals surface area contributed by atoms with Crippen LogP contribution >= 0.6 is 0 Å². The largest absolute Gasteiger partial charge is 0.393 e. The minimum Gasteiger partial charge on any atom is -0.393 e. The molecule has 0 radical (unpaired) electrons. The summed E-state index contributed by atoms with van der Waals surface area (Å²) in [6.45, 7) is 12.4. The molecule has 28 heavy (non-hydrogen) atoms. The lowest BCUT2D eigenvalue weighted by atomic mass is 9.50. The van der Waals surface area contributed by atoms with Gasteiger partial charge in [0.15, 0.2) is 0 Å². The number of hydrogen-bond acceptors (Lipinski definition) is 1. The van der Waals surface area contributed by atoms with Gasteiger partial charge in [0.2, 0.25) is 0 Å². The van der Waals surface area contributed by atoms with Crippen molar-refractivity contribution in [2.75, 3.05) is 0 Å². The first-order chi connectivity index (χ1) is 13.3. The highest BCUT2D eigenvalue weighted by atomic mass is 16.3. The molecule has 3 saturated carbocycles. The van der Waals surface area contributed by atoms with E-state index in [1.165, 1.54) is 51.4 Å². The van der Waals surface area contributed by atoms with Gasteiger partial charge in [0.05, 0.1) is 6.10 Å². The summed E-state index contributed by atoms with van der Waals surface area (Å²) in [5, 5.41) is 10.3. The van der Waals surface area contributed by atoms with E-state index in [2.05, 4.69) is 40.7 Å². The molecule has 1 N–H and O–H groups in total. The van der Waals surface area contributed by atoms with Crippen LogP contribution < -0.4 is 0 Å². The van der Waals surface area contributed by atoms with Crippen LogP contribution in [0, 0.1) is 52.8 Å². The van der Waals surface area contributed by atoms with Gasteiger partial charge in [0.1, 0.15) is 0 Å². The zero-order valence-electron chi connectivity index (χ0n) is 19.3. The zero-order chi connectivity index (χ0) is 20.1. The van der Waals surface area contributed by atoms with Crippen molar-refractivity contribution in [3.63, 3.8) is 0 Å². The molecule has 0 aliphatic heterocycles. The number of allylic oxidation sites excluding steroid dienone is 1. The van der Waals surface area contributed by atoms with E-state index in [4.69, 9.17) is 0 Å². The molecule has 0 aromatic carbocycles. The second kappa shape index (κ2) is 8.09. The maximum Gasteiger partial charge on any atom is 0.0580 e. The first kappa shape index (κ1) is 21.0. The van der Waals surface area contributed by atoms with Crippen LogP contribution in [0.5, 0.6) is 0 Å². The summed E-state index contributed by atoms with van der Waals surface area (Å²) >= 11 is 0. The van der Waals surface area contributed by atoms with Crippen LogP contribution in [-0.4, -0.2) is 11.2 Å². The minimum absolute atomic E-state index is 0.0783. The molecule has 0 spiro atoms. The maximum absolute atomic E-state index is 10.3. The second-order valence-electron chi connectivity index (χ2n) is 12.1. The first-order valence-corrected chi connectivity index (χ1v) is 12.7. The second-order valence-corrected chi connectivity index (χ2v) is 12.1. The summed E-state index contributed by atoms with van der Waals surface area (Å²) in [5.74, 6) is 6.99. The van der Waals surface area contributed by atoms with E-state index >= 15 is 0 Å². The lowest BCUT2D eigenvalue weighted by Gasteiger charge is -2.55. The zero-order valence-corrected chi connectivity index (χ0v) is 19.3. The van der Waals surface area contributed by atoms with E-state index in [-0.39, 0.29) is 6.10 Å². The van der Waals surface area contributed by atoms with Gasteiger partial charge >= 0.3 is 0 Å². The molecule has 9 atom stereocenters. The fraction of sp³-hybridized carbons (Fsp3) is 0.926. The Kier molecular flexibility index (Phi) is 6.05. The normalized spacial score (nSPS) is 46.5. The predicted molar refractivity (Wildman–Crippen MR) is 119 cm³/mol. The molecule has 0 amide bonds. The highest BCUT2D eigenvalue weighted by Gasteiger charge is 2.57. The molecule has 0 aromatic heterocycles. The Labute approximate surface area is 174 Å². The molecule has 1 heteroatoms. The van der Waals surface area contributed by atoms with Crippen molar-refractivity contribution in [2.24, 2.45) is 52.8 Å². The van der Waals surface area contributed by atoms with Crippen LogP contribution in [-0.2, 0) is 0 Å². The fourth-order valence-corrected chi connectivity index (χ4v) is 8.76. The molecule has 4 aliphatic carbocycles. The van der Waals surface area contributed by atoms with Crippen molar-refractivity contribution in [1.82, 2.24) is 0 Å². The molecule has 5 unspecified atom stereocenters. The molecule has 0 aromatic rings. The molecule has 0 heterocycles. The smallest absolute Gasteiger partial charge is 0.0580 e. The third-order valence-electron chi connectivity index (χ3n) is 9.96. The van der Waals surface area contributed by atoms with E-state index in [0.29, 0.717) is 11.3 Å². The van der Waals surface area contributed by atoms with Crippen LogP contribution in [0.1, 0.15) is 98.8 Å². The Morgan fingerprint density at radius 2 is 1.89 bits per heavy atom. The van der Waals surface area contributed by atoms with Crippen molar-refractivity contribution in [1.29, 1.82) is 0 Å².